The van der Waals surface area contributed by atoms with Crippen LogP contribution in [0.15, 0.2) is 216 Å². The van der Waals surface area contributed by atoms with Crippen molar-refractivity contribution in [2.75, 3.05) is 4.90 Å². The third-order valence-corrected chi connectivity index (χ3v) is 10.4. The number of hydrogen-bond acceptors (Lipinski definition) is 2. The van der Waals surface area contributed by atoms with Gasteiger partial charge in [0.2, 0.25) is 0 Å². The summed E-state index contributed by atoms with van der Waals surface area (Å²) >= 11 is 0. The molecule has 0 fully saturated rings. The van der Waals surface area contributed by atoms with E-state index in [9.17, 15) is 5.48 Å². The molecule has 0 atom stereocenters. The molecule has 56 heavy (non-hydrogen) atoms. The normalized spacial score (nSPS) is 14.3. The van der Waals surface area contributed by atoms with Crippen LogP contribution < -0.4 is 4.90 Å². The van der Waals surface area contributed by atoms with Crippen LogP contribution in [0, 0.1) is 0 Å². The van der Waals surface area contributed by atoms with Gasteiger partial charge >= 0.3 is 0 Å². The highest BCUT2D eigenvalue weighted by molar-refractivity contribution is 6.16. The Morgan fingerprint density at radius 2 is 1.05 bits per heavy atom. The van der Waals surface area contributed by atoms with Crippen molar-refractivity contribution in [2.45, 2.75) is 0 Å². The summed E-state index contributed by atoms with van der Waals surface area (Å²) in [6, 6.07) is 40.7. The molecule has 0 aliphatic carbocycles. The number of fused-ring (bicyclic) bond motifs is 6. The highest BCUT2D eigenvalue weighted by atomic mass is 16.3. The van der Waals surface area contributed by atoms with Crippen molar-refractivity contribution >= 4 is 71.3 Å². The van der Waals surface area contributed by atoms with E-state index in [-0.39, 0.29) is 22.0 Å². The maximum absolute atomic E-state index is 9.79. The van der Waals surface area contributed by atoms with Crippen LogP contribution in [0.1, 0.15) is 15.1 Å². The topological polar surface area (TPSA) is 16.4 Å². The number of anilines is 3. The third-order valence-electron chi connectivity index (χ3n) is 10.4. The van der Waals surface area contributed by atoms with Crippen LogP contribution in [0.4, 0.5) is 17.1 Å². The summed E-state index contributed by atoms with van der Waals surface area (Å²) < 4.78 is 106. The van der Waals surface area contributed by atoms with Gasteiger partial charge in [0, 0.05) is 27.7 Å². The monoisotopic (exact) mass is 724 g/mol. The zero-order valence-electron chi connectivity index (χ0n) is 40.7. The van der Waals surface area contributed by atoms with Crippen molar-refractivity contribution in [3.63, 3.8) is 0 Å². The Morgan fingerprint density at radius 1 is 0.375 bits per heavy atom. The van der Waals surface area contributed by atoms with E-state index in [1.165, 1.54) is 0 Å². The van der Waals surface area contributed by atoms with Gasteiger partial charge in [-0.1, -0.05) is 164 Å². The van der Waals surface area contributed by atoms with Gasteiger partial charge in [-0.15, -0.1) is 0 Å². The Bertz CT molecular complexity index is 3860. The quantitative estimate of drug-likeness (QED) is 0.170. The van der Waals surface area contributed by atoms with Gasteiger partial charge in [0.1, 0.15) is 11.2 Å². The van der Waals surface area contributed by atoms with Gasteiger partial charge in [-0.3, -0.25) is 0 Å². The van der Waals surface area contributed by atoms with Crippen LogP contribution in [-0.2, 0) is 0 Å². The number of rotatable bonds is 6. The lowest BCUT2D eigenvalue weighted by atomic mass is 9.95. The van der Waals surface area contributed by atoms with E-state index in [4.69, 9.17) is 14.0 Å². The zero-order chi connectivity index (χ0) is 46.6. The minimum atomic E-state index is -0.677. The molecule has 0 aliphatic rings. The Hall–Kier alpha value is -7.42. The van der Waals surface area contributed by atoms with Gasteiger partial charge in [0.15, 0.2) is 0 Å². The summed E-state index contributed by atoms with van der Waals surface area (Å²) in [6.07, 6.45) is 0. The summed E-state index contributed by atoms with van der Waals surface area (Å²) in [4.78, 5) is 1.69. The summed E-state index contributed by atoms with van der Waals surface area (Å²) in [5, 5.41) is 5.26. The minimum Gasteiger partial charge on any atom is -0.456 e. The smallest absolute Gasteiger partial charge is 0.136 e. The first-order chi connectivity index (χ1) is 32.3. The number of benzene rings is 10. The molecule has 11 aromatic rings. The molecule has 2 heteroatoms. The first-order valence-corrected chi connectivity index (χ1v) is 18.3. The summed E-state index contributed by atoms with van der Waals surface area (Å²) in [5.74, 6) is 0. The molecule has 10 aromatic carbocycles. The van der Waals surface area contributed by atoms with Crippen molar-refractivity contribution in [1.29, 1.82) is 0 Å². The molecule has 262 valence electrons. The molecule has 0 radical (unpaired) electrons. The summed E-state index contributed by atoms with van der Waals surface area (Å²) in [6.45, 7) is 0. The molecule has 11 rings (SSSR count). The molecule has 0 amide bonds. The van der Waals surface area contributed by atoms with E-state index >= 15 is 0 Å². The molecule has 0 aliphatic heterocycles. The maximum Gasteiger partial charge on any atom is 0.136 e. The molecule has 1 aromatic heterocycles. The third kappa shape index (κ3) is 5.34. The van der Waals surface area contributed by atoms with E-state index < -0.39 is 72.0 Å². The van der Waals surface area contributed by atoms with Crippen molar-refractivity contribution < 1.29 is 19.5 Å². The number of nitrogens with zero attached hydrogens (tertiary/aromatic N) is 1. The molecule has 0 unspecified atom stereocenters. The van der Waals surface area contributed by atoms with Crippen molar-refractivity contribution in [3.8, 4) is 33.4 Å². The van der Waals surface area contributed by atoms with Crippen LogP contribution in [0.25, 0.3) is 87.6 Å². The number of furan rings is 1. The minimum absolute atomic E-state index is 0.125. The Kier molecular flexibility index (Phi) is 5.34. The highest BCUT2D eigenvalue weighted by Gasteiger charge is 2.21. The molecule has 0 saturated heterocycles. The van der Waals surface area contributed by atoms with E-state index in [0.29, 0.717) is 28.1 Å². The van der Waals surface area contributed by atoms with Gasteiger partial charge in [-0.05, 0) is 109 Å². The molecule has 1 heterocycles. The van der Waals surface area contributed by atoms with Crippen LogP contribution >= 0.6 is 0 Å². The average molecular weight is 725 g/mol. The lowest BCUT2D eigenvalue weighted by Crippen LogP contribution is -2.11. The van der Waals surface area contributed by atoms with Crippen molar-refractivity contribution in [3.05, 3.63) is 212 Å². The first kappa shape index (κ1) is 22.7. The van der Waals surface area contributed by atoms with E-state index in [1.807, 2.05) is 121 Å². The second-order valence-corrected chi connectivity index (χ2v) is 13.6. The highest BCUT2D eigenvalue weighted by Crippen LogP contribution is 2.46. The molecular weight excluding hydrogens is 679 g/mol. The van der Waals surface area contributed by atoms with E-state index in [0.717, 1.165) is 49.0 Å². The Morgan fingerprint density at radius 3 is 1.93 bits per heavy atom. The Balaban J connectivity index is 1.19. The molecule has 2 nitrogen and oxygen atoms in total. The molecule has 0 saturated carbocycles. The van der Waals surface area contributed by atoms with E-state index in [1.54, 1.807) is 4.90 Å². The summed E-state index contributed by atoms with van der Waals surface area (Å²) in [7, 11) is 0. The molecule has 0 bridgehead atoms. The fraction of sp³-hybridized carbons (Fsp3) is 0. The number of para-hydroxylation sites is 1. The summed E-state index contributed by atoms with van der Waals surface area (Å²) in [5.41, 5.74) is 4.85. The predicted octanol–water partition coefficient (Wildman–Crippen LogP) is 15.5. The van der Waals surface area contributed by atoms with Crippen LogP contribution in [-0.4, -0.2) is 0 Å². The largest absolute Gasteiger partial charge is 0.456 e. The van der Waals surface area contributed by atoms with Gasteiger partial charge in [0.05, 0.1) is 20.8 Å². The van der Waals surface area contributed by atoms with Crippen LogP contribution in [0.2, 0.25) is 0 Å². The number of hydrogen-bond donors (Lipinski definition) is 0. The molecular formula is C54H35NO. The second-order valence-electron chi connectivity index (χ2n) is 13.6. The fourth-order valence-electron chi connectivity index (χ4n) is 7.83. The average Bonchev–Trinajstić information content (AvgIpc) is 3.72. The van der Waals surface area contributed by atoms with Crippen molar-refractivity contribution in [2.24, 2.45) is 0 Å². The van der Waals surface area contributed by atoms with Crippen LogP contribution in [0.3, 0.4) is 0 Å². The van der Waals surface area contributed by atoms with Crippen molar-refractivity contribution in [1.82, 2.24) is 0 Å². The maximum atomic E-state index is 9.79. The predicted molar refractivity (Wildman–Crippen MR) is 237 cm³/mol. The standard InChI is InChI=1S/C54H35NO/c1-2-15-41-35-53-50(34-40(41)14-1)54-49(23-11-25-52(54)56-53)48-20-7-8-24-51(48)55(42-30-26-38(27-31-42)46-21-9-16-36-12-3-5-18-44(36)46)43-32-28-39(29-33-43)47-22-10-17-37-13-4-6-19-45(37)47/h1-35H/i3D,5D,9D,12D,16D,18D,21D,26D,27D,30D,31D. The second kappa shape index (κ2) is 13.2. The van der Waals surface area contributed by atoms with Gasteiger partial charge < -0.3 is 9.32 Å². The first-order valence-electron chi connectivity index (χ1n) is 23.8. The fourth-order valence-corrected chi connectivity index (χ4v) is 7.83. The van der Waals surface area contributed by atoms with Gasteiger partial charge in [-0.25, -0.2) is 0 Å². The SMILES string of the molecule is [2H]c1c([2H])c(N(c2ccc(-c3cccc4ccccc34)cc2)c2ccccc2-c2cccc3oc4cc5ccccc5cc4c23)c([2H])c([2H])c1-c1c([2H])c([2H])c([2H])c2c([2H])c([2H])c([2H])c([2H])c12. The zero-order valence-corrected chi connectivity index (χ0v) is 29.7. The molecule has 0 spiro atoms. The Labute approximate surface area is 340 Å². The lowest BCUT2D eigenvalue weighted by Gasteiger charge is -2.28. The lowest BCUT2D eigenvalue weighted by molar-refractivity contribution is 0.669. The van der Waals surface area contributed by atoms with Gasteiger partial charge in [-0.2, -0.15) is 0 Å². The van der Waals surface area contributed by atoms with Gasteiger partial charge in [0.25, 0.3) is 0 Å². The molecule has 0 N–H and O–H groups in total. The van der Waals surface area contributed by atoms with Crippen LogP contribution in [0.5, 0.6) is 0 Å². The van der Waals surface area contributed by atoms with E-state index in [2.05, 4.69) is 24.3 Å².